The Morgan fingerprint density at radius 2 is 2.00 bits per heavy atom. The van der Waals surface area contributed by atoms with Crippen molar-refractivity contribution in [3.05, 3.63) is 19.1 Å². The van der Waals surface area contributed by atoms with Crippen molar-refractivity contribution in [1.82, 2.24) is 0 Å². The Balaban J connectivity index is 2.83. The Kier molecular flexibility index (Phi) is 5.70. The molecule has 0 bridgehead atoms. The number of rotatable bonds is 5. The van der Waals surface area contributed by atoms with Crippen molar-refractivity contribution in [2.75, 3.05) is 0 Å². The van der Waals surface area contributed by atoms with Crippen molar-refractivity contribution in [3.63, 3.8) is 0 Å². The van der Waals surface area contributed by atoms with Crippen LogP contribution in [0.1, 0.15) is 39.0 Å². The second-order valence-electron chi connectivity index (χ2n) is 2.51. The molecular weight excluding hydrogens is 108 g/mol. The van der Waals surface area contributed by atoms with Gasteiger partial charge in [-0.3, -0.25) is 0 Å². The summed E-state index contributed by atoms with van der Waals surface area (Å²) < 4.78 is 0. The lowest BCUT2D eigenvalue weighted by Gasteiger charge is -1.96. The third-order valence-electron chi connectivity index (χ3n) is 1.32. The molecule has 0 aliphatic heterocycles. The fourth-order valence-corrected chi connectivity index (χ4v) is 0.757. The molecule has 0 spiro atoms. The molecule has 0 saturated carbocycles. The highest BCUT2D eigenvalue weighted by atomic mass is 13.9. The third-order valence-corrected chi connectivity index (χ3v) is 1.32. The van der Waals surface area contributed by atoms with Gasteiger partial charge in [-0.05, 0) is 19.8 Å². The molecule has 0 heterocycles. The van der Waals surface area contributed by atoms with Crippen LogP contribution in [-0.4, -0.2) is 0 Å². The van der Waals surface area contributed by atoms with Crippen molar-refractivity contribution in [3.8, 4) is 0 Å². The molecule has 0 N–H and O–H groups in total. The van der Waals surface area contributed by atoms with Gasteiger partial charge < -0.3 is 0 Å². The Labute approximate surface area is 59.0 Å². The monoisotopic (exact) mass is 124 g/mol. The van der Waals surface area contributed by atoms with E-state index in [1.165, 1.54) is 19.3 Å². The largest absolute Gasteiger partial charge is 0.0733 e. The Bertz CT molecular complexity index is 72.1. The zero-order chi connectivity index (χ0) is 7.11. The van der Waals surface area contributed by atoms with Gasteiger partial charge in [0.1, 0.15) is 0 Å². The second-order valence-corrected chi connectivity index (χ2v) is 2.51. The van der Waals surface area contributed by atoms with Crippen LogP contribution < -0.4 is 0 Å². The van der Waals surface area contributed by atoms with Crippen molar-refractivity contribution in [2.45, 2.75) is 39.0 Å². The van der Waals surface area contributed by atoms with Gasteiger partial charge in [0.2, 0.25) is 0 Å². The molecule has 0 aliphatic rings. The first-order valence-corrected chi connectivity index (χ1v) is 3.64. The van der Waals surface area contributed by atoms with Gasteiger partial charge in [-0.15, -0.1) is 0 Å². The summed E-state index contributed by atoms with van der Waals surface area (Å²) in [5.74, 6) is 0. The molecule has 9 heavy (non-hydrogen) atoms. The quantitative estimate of drug-likeness (QED) is 0.494. The highest BCUT2D eigenvalue weighted by molar-refractivity contribution is 4.83. The fraction of sp³-hybridized carbons (Fsp3) is 0.667. The van der Waals surface area contributed by atoms with Crippen molar-refractivity contribution in [1.29, 1.82) is 0 Å². The Hall–Kier alpha value is -0.260. The van der Waals surface area contributed by atoms with Gasteiger partial charge in [-0.1, -0.05) is 38.3 Å². The lowest BCUT2D eigenvalue weighted by atomic mass is 10.1. The first kappa shape index (κ1) is 8.74. The molecule has 2 radical (unpaired) electrons. The fourth-order valence-electron chi connectivity index (χ4n) is 0.757. The molecule has 0 nitrogen and oxygen atoms in total. The Morgan fingerprint density at radius 1 is 1.33 bits per heavy atom. The van der Waals surface area contributed by atoms with Crippen LogP contribution in [0.2, 0.25) is 0 Å². The number of hydrogen-bond donors (Lipinski definition) is 0. The maximum Gasteiger partial charge on any atom is -0.0320 e. The topological polar surface area (TPSA) is 0 Å². The molecule has 52 valence electrons. The molecule has 0 unspecified atom stereocenters. The standard InChI is InChI=1S/C9H16/c1-4-5-6-7-8-9(2)3/h2H,1,4-8H2,3H3. The summed E-state index contributed by atoms with van der Waals surface area (Å²) in [4.78, 5) is 0. The first-order valence-electron chi connectivity index (χ1n) is 3.64. The van der Waals surface area contributed by atoms with Crippen LogP contribution in [0, 0.1) is 13.5 Å². The van der Waals surface area contributed by atoms with Gasteiger partial charge >= 0.3 is 0 Å². The van der Waals surface area contributed by atoms with E-state index >= 15 is 0 Å². The van der Waals surface area contributed by atoms with Crippen LogP contribution in [0.3, 0.4) is 0 Å². The molecule has 0 saturated heterocycles. The van der Waals surface area contributed by atoms with Gasteiger partial charge in [0.15, 0.2) is 0 Å². The molecule has 0 aromatic rings. The minimum absolute atomic E-state index is 1.05. The van der Waals surface area contributed by atoms with E-state index in [1.54, 1.807) is 0 Å². The van der Waals surface area contributed by atoms with Crippen molar-refractivity contribution >= 4 is 0 Å². The normalized spacial score (nSPS) is 9.56. The lowest BCUT2D eigenvalue weighted by molar-refractivity contribution is 0.683. The van der Waals surface area contributed by atoms with Gasteiger partial charge in [-0.25, -0.2) is 0 Å². The second kappa shape index (κ2) is 5.87. The predicted molar refractivity (Wildman–Crippen MR) is 41.9 cm³/mol. The maximum atomic E-state index is 5.48. The van der Waals surface area contributed by atoms with E-state index in [9.17, 15) is 0 Å². The highest BCUT2D eigenvalue weighted by Gasteiger charge is 1.86. The summed E-state index contributed by atoms with van der Waals surface area (Å²) >= 11 is 0. The van der Waals surface area contributed by atoms with E-state index in [0.29, 0.717) is 0 Å². The van der Waals surface area contributed by atoms with E-state index in [1.807, 2.05) is 6.92 Å². The minimum Gasteiger partial charge on any atom is -0.0733 e. The Morgan fingerprint density at radius 3 is 2.44 bits per heavy atom. The molecule has 0 fully saturated rings. The summed E-state index contributed by atoms with van der Waals surface area (Å²) in [6, 6.07) is 0. The smallest absolute Gasteiger partial charge is 0.0320 e. The summed E-state index contributed by atoms with van der Waals surface area (Å²) in [5, 5.41) is 0. The van der Waals surface area contributed by atoms with Crippen molar-refractivity contribution in [2.24, 2.45) is 0 Å². The third kappa shape index (κ3) is 7.74. The molecule has 0 heteroatoms. The molecule has 0 amide bonds. The SMILES string of the molecule is [CH]=C(C)CCCCC[CH2]. The maximum absolute atomic E-state index is 5.48. The van der Waals surface area contributed by atoms with Crippen LogP contribution >= 0.6 is 0 Å². The van der Waals surface area contributed by atoms with Gasteiger partial charge in [0.25, 0.3) is 0 Å². The first-order chi connectivity index (χ1) is 4.27. The predicted octanol–water partition coefficient (Wildman–Crippen LogP) is 3.15. The number of hydrogen-bond acceptors (Lipinski definition) is 0. The lowest BCUT2D eigenvalue weighted by Crippen LogP contribution is -1.77. The van der Waals surface area contributed by atoms with Crippen molar-refractivity contribution < 1.29 is 0 Å². The van der Waals surface area contributed by atoms with Crippen LogP contribution in [0.15, 0.2) is 5.57 Å². The summed E-state index contributed by atoms with van der Waals surface area (Å²) in [6.45, 7) is 11.2. The highest BCUT2D eigenvalue weighted by Crippen LogP contribution is 2.06. The van der Waals surface area contributed by atoms with E-state index in [2.05, 4.69) is 6.92 Å². The molecular formula is C9H16. The van der Waals surface area contributed by atoms with Crippen LogP contribution in [0.25, 0.3) is 0 Å². The minimum atomic E-state index is 1.05. The molecule has 0 rings (SSSR count). The van der Waals surface area contributed by atoms with E-state index in [0.717, 1.165) is 18.4 Å². The molecule has 0 atom stereocenters. The van der Waals surface area contributed by atoms with E-state index < -0.39 is 0 Å². The van der Waals surface area contributed by atoms with Crippen LogP contribution in [0.5, 0.6) is 0 Å². The number of allylic oxidation sites excluding steroid dienone is 1. The summed E-state index contributed by atoms with van der Waals surface area (Å²) in [5.41, 5.74) is 1.05. The van der Waals surface area contributed by atoms with Gasteiger partial charge in [-0.2, -0.15) is 0 Å². The molecule has 0 aromatic carbocycles. The number of unbranched alkanes of at least 4 members (excludes halogenated alkanes) is 3. The van der Waals surface area contributed by atoms with Crippen LogP contribution in [-0.2, 0) is 0 Å². The van der Waals surface area contributed by atoms with Gasteiger partial charge in [0, 0.05) is 0 Å². The average Bonchev–Trinajstić information content (AvgIpc) is 1.80. The van der Waals surface area contributed by atoms with E-state index in [4.69, 9.17) is 6.58 Å². The average molecular weight is 124 g/mol. The van der Waals surface area contributed by atoms with Crippen LogP contribution in [0.4, 0.5) is 0 Å². The summed E-state index contributed by atoms with van der Waals surface area (Å²) in [6.07, 6.45) is 5.90. The van der Waals surface area contributed by atoms with E-state index in [-0.39, 0.29) is 0 Å². The molecule has 0 aromatic heterocycles. The summed E-state index contributed by atoms with van der Waals surface area (Å²) in [7, 11) is 0. The van der Waals surface area contributed by atoms with Gasteiger partial charge in [0.05, 0.1) is 0 Å². The zero-order valence-corrected chi connectivity index (χ0v) is 6.32. The molecule has 0 aliphatic carbocycles. The zero-order valence-electron chi connectivity index (χ0n) is 6.32.